The number of aryl methyl sites for hydroxylation is 1. The summed E-state index contributed by atoms with van der Waals surface area (Å²) < 4.78 is 26.1. The van der Waals surface area contributed by atoms with Crippen molar-refractivity contribution in [2.75, 3.05) is 11.1 Å². The summed E-state index contributed by atoms with van der Waals surface area (Å²) >= 11 is 0. The average Bonchev–Trinajstić information content (AvgIpc) is 2.37. The number of benzene rings is 2. The maximum absolute atomic E-state index is 13.1. The Morgan fingerprint density at radius 2 is 1.79 bits per heavy atom. The third-order valence-corrected chi connectivity index (χ3v) is 2.67. The van der Waals surface area contributed by atoms with Crippen LogP contribution in [0.1, 0.15) is 15.9 Å². The van der Waals surface area contributed by atoms with Gasteiger partial charge >= 0.3 is 0 Å². The van der Waals surface area contributed by atoms with Gasteiger partial charge in [-0.25, -0.2) is 8.78 Å². The summed E-state index contributed by atoms with van der Waals surface area (Å²) in [5.41, 5.74) is 6.44. The van der Waals surface area contributed by atoms with Crippen molar-refractivity contribution < 1.29 is 13.6 Å². The molecule has 0 spiro atoms. The summed E-state index contributed by atoms with van der Waals surface area (Å²) in [4.78, 5) is 11.9. The minimum Gasteiger partial charge on any atom is -0.396 e. The van der Waals surface area contributed by atoms with Gasteiger partial charge in [0.15, 0.2) is 0 Å². The molecule has 0 aliphatic rings. The van der Waals surface area contributed by atoms with E-state index in [1.165, 1.54) is 36.4 Å². The van der Waals surface area contributed by atoms with Crippen LogP contribution < -0.4 is 11.1 Å². The monoisotopic (exact) mass is 262 g/mol. The van der Waals surface area contributed by atoms with Crippen LogP contribution in [0.2, 0.25) is 0 Å². The Morgan fingerprint density at radius 3 is 2.42 bits per heavy atom. The molecule has 2 aromatic carbocycles. The van der Waals surface area contributed by atoms with Crippen molar-refractivity contribution in [2.24, 2.45) is 0 Å². The molecule has 0 saturated heterocycles. The van der Waals surface area contributed by atoms with E-state index in [9.17, 15) is 13.6 Å². The zero-order valence-electron chi connectivity index (χ0n) is 10.2. The molecule has 0 heterocycles. The standard InChI is InChI=1S/C14H12F2N2O/c1-8-6-9(2-4-11(8)15)14(19)18-10-3-5-12(16)13(17)7-10/h2-7H,17H2,1H3,(H,18,19). The first-order valence-corrected chi connectivity index (χ1v) is 5.60. The molecule has 0 fully saturated rings. The Balaban J connectivity index is 2.20. The molecule has 0 bridgehead atoms. The Kier molecular flexibility index (Phi) is 3.46. The number of nitrogens with one attached hydrogen (secondary N) is 1. The second kappa shape index (κ2) is 5.06. The van der Waals surface area contributed by atoms with E-state index in [2.05, 4.69) is 5.32 Å². The zero-order chi connectivity index (χ0) is 14.0. The van der Waals surface area contributed by atoms with Gasteiger partial charge in [0.05, 0.1) is 5.69 Å². The van der Waals surface area contributed by atoms with Crippen LogP contribution in [0.4, 0.5) is 20.2 Å². The minimum absolute atomic E-state index is 0.0481. The van der Waals surface area contributed by atoms with Crippen LogP contribution in [0.15, 0.2) is 36.4 Å². The number of anilines is 2. The molecule has 0 unspecified atom stereocenters. The van der Waals surface area contributed by atoms with Crippen LogP contribution in [0.3, 0.4) is 0 Å². The number of hydrogen-bond acceptors (Lipinski definition) is 2. The van der Waals surface area contributed by atoms with Gasteiger partial charge < -0.3 is 11.1 Å². The maximum atomic E-state index is 13.1. The van der Waals surface area contributed by atoms with Crippen molar-refractivity contribution in [1.29, 1.82) is 0 Å². The molecule has 98 valence electrons. The highest BCUT2D eigenvalue weighted by atomic mass is 19.1. The summed E-state index contributed by atoms with van der Waals surface area (Å²) in [6.45, 7) is 1.57. The van der Waals surface area contributed by atoms with E-state index in [0.717, 1.165) is 0 Å². The molecule has 0 aliphatic carbocycles. The second-order valence-corrected chi connectivity index (χ2v) is 4.15. The van der Waals surface area contributed by atoms with E-state index in [1.54, 1.807) is 6.92 Å². The summed E-state index contributed by atoms with van der Waals surface area (Å²) in [5.74, 6) is -1.33. The van der Waals surface area contributed by atoms with Gasteiger partial charge in [-0.05, 0) is 48.9 Å². The van der Waals surface area contributed by atoms with E-state index in [0.29, 0.717) is 16.8 Å². The number of carbonyl (C=O) groups excluding carboxylic acids is 1. The number of nitrogens with two attached hydrogens (primary N) is 1. The Labute approximate surface area is 109 Å². The van der Waals surface area contributed by atoms with E-state index in [-0.39, 0.29) is 11.5 Å². The lowest BCUT2D eigenvalue weighted by molar-refractivity contribution is 0.102. The molecular formula is C14H12F2N2O. The molecule has 0 saturated carbocycles. The van der Waals surface area contributed by atoms with Crippen molar-refractivity contribution in [3.05, 3.63) is 59.2 Å². The van der Waals surface area contributed by atoms with Crippen LogP contribution in [0.25, 0.3) is 0 Å². The summed E-state index contributed by atoms with van der Waals surface area (Å²) in [7, 11) is 0. The molecule has 5 heteroatoms. The minimum atomic E-state index is -0.546. The Bertz CT molecular complexity index is 641. The Morgan fingerprint density at radius 1 is 1.11 bits per heavy atom. The van der Waals surface area contributed by atoms with E-state index in [4.69, 9.17) is 5.73 Å². The van der Waals surface area contributed by atoms with Crippen molar-refractivity contribution in [1.82, 2.24) is 0 Å². The first-order chi connectivity index (χ1) is 8.97. The molecule has 0 aromatic heterocycles. The van der Waals surface area contributed by atoms with Crippen molar-refractivity contribution in [3.63, 3.8) is 0 Å². The highest BCUT2D eigenvalue weighted by Crippen LogP contribution is 2.17. The highest BCUT2D eigenvalue weighted by molar-refractivity contribution is 6.04. The second-order valence-electron chi connectivity index (χ2n) is 4.15. The Hall–Kier alpha value is -2.43. The van der Waals surface area contributed by atoms with E-state index >= 15 is 0 Å². The number of halogens is 2. The third-order valence-electron chi connectivity index (χ3n) is 2.67. The smallest absolute Gasteiger partial charge is 0.255 e. The van der Waals surface area contributed by atoms with E-state index < -0.39 is 11.7 Å². The van der Waals surface area contributed by atoms with Gasteiger partial charge in [0.2, 0.25) is 0 Å². The molecule has 2 aromatic rings. The van der Waals surface area contributed by atoms with E-state index in [1.807, 2.05) is 0 Å². The predicted octanol–water partition coefficient (Wildman–Crippen LogP) is 3.11. The molecule has 3 N–H and O–H groups in total. The van der Waals surface area contributed by atoms with Crippen LogP contribution in [-0.2, 0) is 0 Å². The van der Waals surface area contributed by atoms with Crippen molar-refractivity contribution >= 4 is 17.3 Å². The molecule has 0 radical (unpaired) electrons. The molecule has 0 aliphatic heterocycles. The fourth-order valence-electron chi connectivity index (χ4n) is 1.61. The van der Waals surface area contributed by atoms with Crippen molar-refractivity contribution in [2.45, 2.75) is 6.92 Å². The number of nitrogen functional groups attached to an aromatic ring is 1. The number of amides is 1. The molecular weight excluding hydrogens is 250 g/mol. The molecule has 3 nitrogen and oxygen atoms in total. The fraction of sp³-hybridized carbons (Fsp3) is 0.0714. The summed E-state index contributed by atoms with van der Waals surface area (Å²) in [6.07, 6.45) is 0. The van der Waals surface area contributed by atoms with Crippen LogP contribution in [0, 0.1) is 18.6 Å². The van der Waals surface area contributed by atoms with Gasteiger partial charge in [-0.3, -0.25) is 4.79 Å². The SMILES string of the molecule is Cc1cc(C(=O)Nc2ccc(F)c(N)c2)ccc1F. The van der Waals surface area contributed by atoms with Crippen molar-refractivity contribution in [3.8, 4) is 0 Å². The molecule has 19 heavy (non-hydrogen) atoms. The fourth-order valence-corrected chi connectivity index (χ4v) is 1.61. The highest BCUT2D eigenvalue weighted by Gasteiger charge is 2.09. The number of carbonyl (C=O) groups is 1. The first-order valence-electron chi connectivity index (χ1n) is 5.60. The van der Waals surface area contributed by atoms with Crippen LogP contribution >= 0.6 is 0 Å². The lowest BCUT2D eigenvalue weighted by Gasteiger charge is -2.07. The summed E-state index contributed by atoms with van der Waals surface area (Å²) in [6, 6.07) is 7.94. The normalized spacial score (nSPS) is 10.3. The summed E-state index contributed by atoms with van der Waals surface area (Å²) in [5, 5.41) is 2.56. The largest absolute Gasteiger partial charge is 0.396 e. The third kappa shape index (κ3) is 2.88. The van der Waals surface area contributed by atoms with Gasteiger partial charge in [-0.15, -0.1) is 0 Å². The number of rotatable bonds is 2. The quantitative estimate of drug-likeness (QED) is 0.817. The topological polar surface area (TPSA) is 55.1 Å². The molecule has 0 atom stereocenters. The van der Waals surface area contributed by atoms with Crippen LogP contribution in [-0.4, -0.2) is 5.91 Å². The molecule has 1 amide bonds. The number of hydrogen-bond donors (Lipinski definition) is 2. The van der Waals surface area contributed by atoms with Gasteiger partial charge in [0.1, 0.15) is 11.6 Å². The maximum Gasteiger partial charge on any atom is 0.255 e. The lowest BCUT2D eigenvalue weighted by atomic mass is 10.1. The average molecular weight is 262 g/mol. The van der Waals surface area contributed by atoms with Gasteiger partial charge in [0.25, 0.3) is 5.91 Å². The first kappa shape index (κ1) is 13.0. The molecule has 2 rings (SSSR count). The van der Waals surface area contributed by atoms with Crippen LogP contribution in [0.5, 0.6) is 0 Å². The lowest BCUT2D eigenvalue weighted by Crippen LogP contribution is -2.12. The zero-order valence-corrected chi connectivity index (χ0v) is 10.2. The van der Waals surface area contributed by atoms with Gasteiger partial charge in [-0.1, -0.05) is 0 Å². The predicted molar refractivity (Wildman–Crippen MR) is 69.9 cm³/mol. The van der Waals surface area contributed by atoms with Gasteiger partial charge in [-0.2, -0.15) is 0 Å². The van der Waals surface area contributed by atoms with Gasteiger partial charge in [0, 0.05) is 11.3 Å².